The van der Waals surface area contributed by atoms with Crippen LogP contribution in [0.5, 0.6) is 0 Å². The Morgan fingerprint density at radius 2 is 1.90 bits per heavy atom. The van der Waals surface area contributed by atoms with Crippen molar-refractivity contribution in [2.45, 2.75) is 13.1 Å². The van der Waals surface area contributed by atoms with E-state index in [9.17, 15) is 17.6 Å². The van der Waals surface area contributed by atoms with E-state index in [4.69, 9.17) is 11.6 Å². The van der Waals surface area contributed by atoms with Gasteiger partial charge in [-0.25, -0.2) is 14.4 Å². The van der Waals surface area contributed by atoms with Gasteiger partial charge >= 0.3 is 6.18 Å². The Labute approximate surface area is 123 Å². The van der Waals surface area contributed by atoms with Gasteiger partial charge in [-0.2, -0.15) is 13.2 Å². The number of aromatic nitrogens is 2. The molecular formula is C13H10ClF4N3. The third kappa shape index (κ3) is 3.60. The first-order valence-corrected chi connectivity index (χ1v) is 6.34. The van der Waals surface area contributed by atoms with Gasteiger partial charge in [0.2, 0.25) is 5.95 Å². The fourth-order valence-corrected chi connectivity index (χ4v) is 1.88. The lowest BCUT2D eigenvalue weighted by molar-refractivity contribution is -0.141. The van der Waals surface area contributed by atoms with Gasteiger partial charge in [-0.3, -0.25) is 0 Å². The molecule has 112 valence electrons. The van der Waals surface area contributed by atoms with Crippen molar-refractivity contribution in [3.63, 3.8) is 0 Å². The number of alkyl halides is 3. The second kappa shape index (κ2) is 5.85. The first-order valence-electron chi connectivity index (χ1n) is 5.97. The van der Waals surface area contributed by atoms with Gasteiger partial charge in [0.1, 0.15) is 5.82 Å². The fraction of sp³-hybridized carbons (Fsp3) is 0.231. The minimum absolute atomic E-state index is 0.0729. The monoisotopic (exact) mass is 319 g/mol. The Bertz CT molecular complexity index is 658. The molecule has 0 amide bonds. The summed E-state index contributed by atoms with van der Waals surface area (Å²) in [5, 5.41) is 2.71. The normalized spacial score (nSPS) is 11.5. The minimum atomic E-state index is -4.64. The molecule has 2 rings (SSSR count). The number of anilines is 1. The maximum atomic E-state index is 13.3. The zero-order valence-electron chi connectivity index (χ0n) is 10.8. The van der Waals surface area contributed by atoms with Crippen molar-refractivity contribution >= 4 is 17.5 Å². The van der Waals surface area contributed by atoms with E-state index in [-0.39, 0.29) is 22.2 Å². The van der Waals surface area contributed by atoms with Gasteiger partial charge in [-0.15, -0.1) is 0 Å². The zero-order chi connectivity index (χ0) is 15.6. The van der Waals surface area contributed by atoms with Gasteiger partial charge in [0, 0.05) is 12.1 Å². The number of hydrogen-bond donors (Lipinski definition) is 1. The maximum Gasteiger partial charge on any atom is 0.433 e. The first-order chi connectivity index (χ1) is 9.81. The van der Waals surface area contributed by atoms with E-state index in [1.54, 1.807) is 6.92 Å². The number of rotatable bonds is 3. The molecule has 0 unspecified atom stereocenters. The molecule has 1 aromatic heterocycles. The van der Waals surface area contributed by atoms with E-state index in [0.29, 0.717) is 6.54 Å². The highest BCUT2D eigenvalue weighted by Gasteiger charge is 2.34. The summed E-state index contributed by atoms with van der Waals surface area (Å²) >= 11 is 5.90. The summed E-state index contributed by atoms with van der Waals surface area (Å²) in [7, 11) is 0. The van der Waals surface area contributed by atoms with Crippen molar-refractivity contribution in [3.05, 3.63) is 40.8 Å². The van der Waals surface area contributed by atoms with Gasteiger partial charge in [-0.1, -0.05) is 11.6 Å². The van der Waals surface area contributed by atoms with Gasteiger partial charge in [0.15, 0.2) is 5.69 Å². The van der Waals surface area contributed by atoms with Crippen molar-refractivity contribution in [3.8, 4) is 11.3 Å². The summed E-state index contributed by atoms with van der Waals surface area (Å²) in [6.45, 7) is 2.04. The third-order valence-corrected chi connectivity index (χ3v) is 2.89. The number of nitrogens with one attached hydrogen (secondary N) is 1. The van der Waals surface area contributed by atoms with Crippen molar-refractivity contribution < 1.29 is 17.6 Å². The topological polar surface area (TPSA) is 37.8 Å². The molecule has 8 heteroatoms. The quantitative estimate of drug-likeness (QED) is 0.853. The van der Waals surface area contributed by atoms with Crippen molar-refractivity contribution in [1.82, 2.24) is 9.97 Å². The van der Waals surface area contributed by atoms with Gasteiger partial charge in [0.25, 0.3) is 0 Å². The molecule has 1 aromatic carbocycles. The number of benzene rings is 1. The van der Waals surface area contributed by atoms with Crippen LogP contribution in [0.4, 0.5) is 23.5 Å². The Morgan fingerprint density at radius 3 is 2.52 bits per heavy atom. The third-order valence-electron chi connectivity index (χ3n) is 2.56. The lowest BCUT2D eigenvalue weighted by Crippen LogP contribution is -2.12. The predicted molar refractivity (Wildman–Crippen MR) is 71.6 cm³/mol. The van der Waals surface area contributed by atoms with Crippen LogP contribution in [-0.4, -0.2) is 16.5 Å². The summed E-state index contributed by atoms with van der Waals surface area (Å²) in [5.41, 5.74) is -1.15. The molecule has 0 aliphatic carbocycles. The second-order valence-electron chi connectivity index (χ2n) is 4.11. The fourth-order valence-electron chi connectivity index (χ4n) is 1.66. The Balaban J connectivity index is 2.62. The Hall–Kier alpha value is -1.89. The molecule has 0 aliphatic rings. The summed E-state index contributed by atoms with van der Waals surface area (Å²) in [5.74, 6) is -0.811. The van der Waals surface area contributed by atoms with Crippen LogP contribution in [0.15, 0.2) is 24.3 Å². The summed E-state index contributed by atoms with van der Waals surface area (Å²) in [6, 6.07) is 4.14. The molecule has 0 fully saturated rings. The molecule has 2 aromatic rings. The first kappa shape index (κ1) is 15.5. The van der Waals surface area contributed by atoms with Crippen LogP contribution in [0, 0.1) is 5.82 Å². The van der Waals surface area contributed by atoms with E-state index in [2.05, 4.69) is 15.3 Å². The van der Waals surface area contributed by atoms with Crippen LogP contribution in [0.2, 0.25) is 5.02 Å². The smallest absolute Gasteiger partial charge is 0.354 e. The van der Waals surface area contributed by atoms with Crippen LogP contribution in [0.25, 0.3) is 11.3 Å². The van der Waals surface area contributed by atoms with E-state index in [0.717, 1.165) is 18.2 Å². The standard InChI is InChI=1S/C13H10ClF4N3/c1-2-19-12-20-10(6-11(21-12)13(16,17)18)8-5-7(15)3-4-9(8)14/h3-6H,2H2,1H3,(H,19,20,21). The van der Waals surface area contributed by atoms with E-state index >= 15 is 0 Å². The van der Waals surface area contributed by atoms with E-state index in [1.165, 1.54) is 6.07 Å². The molecule has 0 spiro atoms. The highest BCUT2D eigenvalue weighted by molar-refractivity contribution is 6.33. The Kier molecular flexibility index (Phi) is 4.32. The zero-order valence-corrected chi connectivity index (χ0v) is 11.6. The highest BCUT2D eigenvalue weighted by Crippen LogP contribution is 2.33. The van der Waals surface area contributed by atoms with E-state index < -0.39 is 17.7 Å². The molecular weight excluding hydrogens is 310 g/mol. The largest absolute Gasteiger partial charge is 0.433 e. The van der Waals surface area contributed by atoms with Crippen LogP contribution >= 0.6 is 11.6 Å². The Morgan fingerprint density at radius 1 is 1.19 bits per heavy atom. The minimum Gasteiger partial charge on any atom is -0.354 e. The maximum absolute atomic E-state index is 13.3. The summed E-state index contributed by atoms with van der Waals surface area (Å²) < 4.78 is 51.9. The number of halogens is 5. The van der Waals surface area contributed by atoms with Gasteiger partial charge < -0.3 is 5.32 Å². The van der Waals surface area contributed by atoms with Crippen LogP contribution in [-0.2, 0) is 6.18 Å². The molecule has 0 saturated heterocycles. The number of hydrogen-bond acceptors (Lipinski definition) is 3. The molecule has 0 bridgehead atoms. The second-order valence-corrected chi connectivity index (χ2v) is 4.52. The van der Waals surface area contributed by atoms with Crippen LogP contribution in [0.3, 0.4) is 0 Å². The molecule has 0 radical (unpaired) electrons. The van der Waals surface area contributed by atoms with E-state index in [1.807, 2.05) is 0 Å². The molecule has 3 nitrogen and oxygen atoms in total. The molecule has 0 atom stereocenters. The average Bonchev–Trinajstić information content (AvgIpc) is 2.40. The molecule has 21 heavy (non-hydrogen) atoms. The molecule has 1 heterocycles. The summed E-state index contributed by atoms with van der Waals surface area (Å²) in [6.07, 6.45) is -4.64. The van der Waals surface area contributed by atoms with Crippen molar-refractivity contribution in [1.29, 1.82) is 0 Å². The van der Waals surface area contributed by atoms with Crippen molar-refractivity contribution in [2.75, 3.05) is 11.9 Å². The highest BCUT2D eigenvalue weighted by atomic mass is 35.5. The molecule has 0 aliphatic heterocycles. The molecule has 1 N–H and O–H groups in total. The molecule has 0 saturated carbocycles. The average molecular weight is 320 g/mol. The van der Waals surface area contributed by atoms with Crippen molar-refractivity contribution in [2.24, 2.45) is 0 Å². The predicted octanol–water partition coefficient (Wildman–Crippen LogP) is 4.39. The van der Waals surface area contributed by atoms with Crippen LogP contribution < -0.4 is 5.32 Å². The van der Waals surface area contributed by atoms with Crippen LogP contribution in [0.1, 0.15) is 12.6 Å². The van der Waals surface area contributed by atoms with Gasteiger partial charge in [0.05, 0.1) is 10.7 Å². The van der Waals surface area contributed by atoms with Gasteiger partial charge in [-0.05, 0) is 31.2 Å². The lowest BCUT2D eigenvalue weighted by Gasteiger charge is -2.12. The summed E-state index contributed by atoms with van der Waals surface area (Å²) in [4.78, 5) is 7.32. The lowest BCUT2D eigenvalue weighted by atomic mass is 10.1. The number of nitrogens with zero attached hydrogens (tertiary/aromatic N) is 2. The SMILES string of the molecule is CCNc1nc(-c2cc(F)ccc2Cl)cc(C(F)(F)F)n1.